The molecular weight excluding hydrogens is 190 g/mol. The fourth-order valence-electron chi connectivity index (χ4n) is 0.997. The third kappa shape index (κ3) is 2.95. The van der Waals surface area contributed by atoms with Gasteiger partial charge in [0.15, 0.2) is 9.84 Å². The topological polar surface area (TPSA) is 80.4 Å². The Balaban J connectivity index is 2.99. The zero-order valence-corrected chi connectivity index (χ0v) is 8.00. The lowest BCUT2D eigenvalue weighted by atomic mass is 10.2. The Hall–Kier alpha value is -1.23. The lowest BCUT2D eigenvalue weighted by Gasteiger charge is -2.02. The molecule has 1 rings (SSSR count). The molecule has 0 fully saturated rings. The Morgan fingerprint density at radius 1 is 1.46 bits per heavy atom. The van der Waals surface area contributed by atoms with E-state index in [1.807, 2.05) is 0 Å². The summed E-state index contributed by atoms with van der Waals surface area (Å²) in [5.41, 5.74) is 6.17. The number of benzene rings is 1. The molecule has 0 aliphatic carbocycles. The Kier molecular flexibility index (Phi) is 2.47. The molecule has 0 aliphatic rings. The van der Waals surface area contributed by atoms with Gasteiger partial charge in [-0.05, 0) is 17.7 Å². The molecule has 0 unspecified atom stereocenters. The second kappa shape index (κ2) is 3.26. The van der Waals surface area contributed by atoms with Gasteiger partial charge in [0.2, 0.25) is 0 Å². The monoisotopic (exact) mass is 201 g/mol. The predicted molar refractivity (Wildman–Crippen MR) is 51.1 cm³/mol. The Labute approximate surface area is 76.9 Å². The van der Waals surface area contributed by atoms with Crippen molar-refractivity contribution in [3.63, 3.8) is 0 Å². The first-order valence-corrected chi connectivity index (χ1v) is 5.69. The van der Waals surface area contributed by atoms with Gasteiger partial charge in [-0.1, -0.05) is 6.07 Å². The average molecular weight is 201 g/mol. The van der Waals surface area contributed by atoms with Gasteiger partial charge < -0.3 is 10.8 Å². The molecule has 0 bridgehead atoms. The molecule has 3 N–H and O–H groups in total. The molecule has 4 nitrogen and oxygen atoms in total. The second-order valence-electron chi connectivity index (χ2n) is 2.96. The number of hydrogen-bond donors (Lipinski definition) is 2. The van der Waals surface area contributed by atoms with Gasteiger partial charge in [-0.25, -0.2) is 8.42 Å². The quantitative estimate of drug-likeness (QED) is 0.540. The Morgan fingerprint density at radius 3 is 2.54 bits per heavy atom. The molecule has 0 aliphatic heterocycles. The molecule has 0 heterocycles. The van der Waals surface area contributed by atoms with Gasteiger partial charge in [-0.15, -0.1) is 0 Å². The maximum atomic E-state index is 10.9. The molecule has 1 aromatic rings. The summed E-state index contributed by atoms with van der Waals surface area (Å²) in [5, 5.41) is 9.07. The van der Waals surface area contributed by atoms with Gasteiger partial charge in [-0.2, -0.15) is 0 Å². The summed E-state index contributed by atoms with van der Waals surface area (Å²) in [6, 6.07) is 4.37. The maximum Gasteiger partial charge on any atom is 0.151 e. The molecule has 72 valence electrons. The maximum absolute atomic E-state index is 10.9. The summed E-state index contributed by atoms with van der Waals surface area (Å²) in [5.74, 6) is -0.0884. The highest BCUT2D eigenvalue weighted by molar-refractivity contribution is 7.89. The number of nitrogens with two attached hydrogens (primary N) is 1. The highest BCUT2D eigenvalue weighted by Gasteiger charge is 2.05. The SMILES string of the molecule is CS(=O)(=O)Cc1ccc(O)c(N)c1. The largest absolute Gasteiger partial charge is 0.506 e. The van der Waals surface area contributed by atoms with Crippen LogP contribution in [0.5, 0.6) is 5.75 Å². The van der Waals surface area contributed by atoms with E-state index in [-0.39, 0.29) is 17.2 Å². The number of hydrogen-bond acceptors (Lipinski definition) is 4. The molecule has 5 heteroatoms. The third-order valence-corrected chi connectivity index (χ3v) is 2.38. The van der Waals surface area contributed by atoms with Crippen LogP contribution < -0.4 is 5.73 Å². The summed E-state index contributed by atoms with van der Waals surface area (Å²) in [6.45, 7) is 0. The standard InChI is InChI=1S/C8H11NO3S/c1-13(11,12)5-6-2-3-8(10)7(9)4-6/h2-4,10H,5,9H2,1H3. The van der Waals surface area contributed by atoms with E-state index in [0.717, 1.165) is 6.26 Å². The van der Waals surface area contributed by atoms with Crippen LogP contribution in [0.2, 0.25) is 0 Å². The van der Waals surface area contributed by atoms with Crippen LogP contribution in [0.3, 0.4) is 0 Å². The van der Waals surface area contributed by atoms with Crippen LogP contribution >= 0.6 is 0 Å². The molecule has 1 aromatic carbocycles. The van der Waals surface area contributed by atoms with Crippen LogP contribution in [0.4, 0.5) is 5.69 Å². The van der Waals surface area contributed by atoms with Crippen molar-refractivity contribution in [3.05, 3.63) is 23.8 Å². The summed E-state index contributed by atoms with van der Waals surface area (Å²) in [4.78, 5) is 0. The Morgan fingerprint density at radius 2 is 2.08 bits per heavy atom. The fraction of sp³-hybridized carbons (Fsp3) is 0.250. The first-order chi connectivity index (χ1) is 5.88. The number of phenols is 1. The van der Waals surface area contributed by atoms with E-state index < -0.39 is 9.84 Å². The number of rotatable bonds is 2. The van der Waals surface area contributed by atoms with Crippen LogP contribution in [-0.4, -0.2) is 19.8 Å². The summed E-state index contributed by atoms with van der Waals surface area (Å²) in [6.07, 6.45) is 1.15. The number of aromatic hydroxyl groups is 1. The van der Waals surface area contributed by atoms with Crippen molar-refractivity contribution in [2.45, 2.75) is 5.75 Å². The number of anilines is 1. The molecule has 0 atom stereocenters. The zero-order valence-electron chi connectivity index (χ0n) is 7.19. The first kappa shape index (κ1) is 9.85. The van der Waals surface area contributed by atoms with Crippen LogP contribution in [-0.2, 0) is 15.6 Å². The van der Waals surface area contributed by atoms with E-state index in [9.17, 15) is 8.42 Å². The van der Waals surface area contributed by atoms with Gasteiger partial charge in [-0.3, -0.25) is 0 Å². The van der Waals surface area contributed by atoms with Crippen molar-refractivity contribution in [1.82, 2.24) is 0 Å². The predicted octanol–water partition coefficient (Wildman–Crippen LogP) is 0.519. The number of nitrogen functional groups attached to an aromatic ring is 1. The second-order valence-corrected chi connectivity index (χ2v) is 5.10. The van der Waals surface area contributed by atoms with Gasteiger partial charge in [0.1, 0.15) is 5.75 Å². The molecule has 0 amide bonds. The van der Waals surface area contributed by atoms with E-state index in [0.29, 0.717) is 5.56 Å². The summed E-state index contributed by atoms with van der Waals surface area (Å²) >= 11 is 0. The van der Waals surface area contributed by atoms with E-state index in [1.165, 1.54) is 18.2 Å². The van der Waals surface area contributed by atoms with Crippen molar-refractivity contribution in [2.24, 2.45) is 0 Å². The van der Waals surface area contributed by atoms with E-state index >= 15 is 0 Å². The fourth-order valence-corrected chi connectivity index (χ4v) is 1.78. The highest BCUT2D eigenvalue weighted by atomic mass is 32.2. The van der Waals surface area contributed by atoms with Gasteiger partial charge in [0.25, 0.3) is 0 Å². The number of sulfone groups is 1. The smallest absolute Gasteiger partial charge is 0.151 e. The zero-order chi connectivity index (χ0) is 10.1. The van der Waals surface area contributed by atoms with Gasteiger partial charge >= 0.3 is 0 Å². The Bertz CT molecular complexity index is 411. The normalized spacial score (nSPS) is 11.5. The van der Waals surface area contributed by atoms with Gasteiger partial charge in [0, 0.05) is 6.26 Å². The van der Waals surface area contributed by atoms with E-state index in [1.54, 1.807) is 0 Å². The van der Waals surface area contributed by atoms with Crippen LogP contribution in [0.1, 0.15) is 5.56 Å². The molecule has 0 saturated carbocycles. The minimum Gasteiger partial charge on any atom is -0.506 e. The minimum atomic E-state index is -3.04. The average Bonchev–Trinajstić information content (AvgIpc) is 1.94. The minimum absolute atomic E-state index is 0.0303. The number of phenolic OH excluding ortho intramolecular Hbond substituents is 1. The van der Waals surface area contributed by atoms with Crippen molar-refractivity contribution >= 4 is 15.5 Å². The molecular formula is C8H11NO3S. The lowest BCUT2D eigenvalue weighted by molar-refractivity contribution is 0.478. The van der Waals surface area contributed by atoms with E-state index in [4.69, 9.17) is 10.8 Å². The highest BCUT2D eigenvalue weighted by Crippen LogP contribution is 2.21. The van der Waals surface area contributed by atoms with Crippen LogP contribution in [0, 0.1) is 0 Å². The molecule has 13 heavy (non-hydrogen) atoms. The third-order valence-electron chi connectivity index (χ3n) is 1.52. The van der Waals surface area contributed by atoms with Crippen LogP contribution in [0.25, 0.3) is 0 Å². The van der Waals surface area contributed by atoms with Crippen molar-refractivity contribution in [3.8, 4) is 5.75 Å². The van der Waals surface area contributed by atoms with Crippen molar-refractivity contribution < 1.29 is 13.5 Å². The van der Waals surface area contributed by atoms with Crippen molar-refractivity contribution in [2.75, 3.05) is 12.0 Å². The summed E-state index contributed by atoms with van der Waals surface area (Å²) in [7, 11) is -3.04. The molecule has 0 radical (unpaired) electrons. The summed E-state index contributed by atoms with van der Waals surface area (Å²) < 4.78 is 21.8. The van der Waals surface area contributed by atoms with Gasteiger partial charge in [0.05, 0.1) is 11.4 Å². The van der Waals surface area contributed by atoms with Crippen LogP contribution in [0.15, 0.2) is 18.2 Å². The lowest BCUT2D eigenvalue weighted by Crippen LogP contribution is -2.01. The van der Waals surface area contributed by atoms with E-state index in [2.05, 4.69) is 0 Å². The first-order valence-electron chi connectivity index (χ1n) is 3.63. The van der Waals surface area contributed by atoms with Crippen molar-refractivity contribution in [1.29, 1.82) is 0 Å². The molecule has 0 spiro atoms. The molecule has 0 saturated heterocycles. The molecule has 0 aromatic heterocycles.